The number of amides is 2. The van der Waals surface area contributed by atoms with Gasteiger partial charge in [-0.2, -0.15) is 5.10 Å². The fourth-order valence-electron chi connectivity index (χ4n) is 2.91. The van der Waals surface area contributed by atoms with E-state index in [9.17, 15) is 9.59 Å². The molecular weight excluding hydrogens is 408 g/mol. The van der Waals surface area contributed by atoms with Crippen LogP contribution in [0.1, 0.15) is 37.7 Å². The van der Waals surface area contributed by atoms with Crippen molar-refractivity contribution >= 4 is 27.7 Å². The van der Waals surface area contributed by atoms with E-state index >= 15 is 0 Å². The first-order valence-corrected chi connectivity index (χ1v) is 9.15. The Morgan fingerprint density at radius 3 is 2.52 bits per heavy atom. The van der Waals surface area contributed by atoms with Crippen molar-refractivity contribution in [2.24, 2.45) is 5.73 Å². The largest absolute Gasteiger partial charge is 0.366 e. The second kappa shape index (κ2) is 7.75. The molecule has 0 radical (unpaired) electrons. The summed E-state index contributed by atoms with van der Waals surface area (Å²) in [6, 6.07) is 14.6. The van der Waals surface area contributed by atoms with Crippen molar-refractivity contribution in [3.8, 4) is 5.69 Å². The van der Waals surface area contributed by atoms with Crippen molar-refractivity contribution < 1.29 is 9.59 Å². The fourth-order valence-corrected chi connectivity index (χ4v) is 3.17. The van der Waals surface area contributed by atoms with Gasteiger partial charge in [-0.3, -0.25) is 9.59 Å². The maximum atomic E-state index is 12.7. The highest BCUT2D eigenvalue weighted by Gasteiger charge is 2.19. The van der Waals surface area contributed by atoms with Crippen molar-refractivity contribution in [3.63, 3.8) is 0 Å². The molecular formula is C20H19BrN4O2. The zero-order valence-corrected chi connectivity index (χ0v) is 16.6. The van der Waals surface area contributed by atoms with Crippen molar-refractivity contribution in [2.45, 2.75) is 20.4 Å². The first-order valence-electron chi connectivity index (χ1n) is 8.36. The van der Waals surface area contributed by atoms with E-state index in [-0.39, 0.29) is 5.91 Å². The smallest absolute Gasteiger partial charge is 0.255 e. The van der Waals surface area contributed by atoms with Crippen molar-refractivity contribution in [1.29, 1.82) is 0 Å². The van der Waals surface area contributed by atoms with Crippen LogP contribution in [-0.2, 0) is 6.54 Å². The third kappa shape index (κ3) is 4.09. The van der Waals surface area contributed by atoms with E-state index in [1.807, 2.05) is 44.2 Å². The number of nitrogens with two attached hydrogens (primary N) is 1. The van der Waals surface area contributed by atoms with Crippen LogP contribution in [0.3, 0.4) is 0 Å². The molecule has 3 rings (SSSR count). The lowest BCUT2D eigenvalue weighted by Gasteiger charge is -2.08. The predicted octanol–water partition coefficient (Wildman–Crippen LogP) is 3.28. The predicted molar refractivity (Wildman–Crippen MR) is 107 cm³/mol. The summed E-state index contributed by atoms with van der Waals surface area (Å²) in [7, 11) is 0. The molecule has 0 bridgehead atoms. The van der Waals surface area contributed by atoms with Crippen LogP contribution in [0.4, 0.5) is 0 Å². The topological polar surface area (TPSA) is 90.0 Å². The number of carbonyl (C=O) groups is 2. The van der Waals surface area contributed by atoms with Crippen molar-refractivity contribution in [1.82, 2.24) is 15.1 Å². The van der Waals surface area contributed by atoms with Crippen LogP contribution in [0.15, 0.2) is 53.0 Å². The number of benzene rings is 2. The van der Waals surface area contributed by atoms with E-state index in [4.69, 9.17) is 5.73 Å². The van der Waals surface area contributed by atoms with Gasteiger partial charge < -0.3 is 11.1 Å². The average molecular weight is 427 g/mol. The molecule has 3 N–H and O–H groups in total. The molecule has 7 heteroatoms. The minimum atomic E-state index is -0.495. The third-order valence-corrected chi connectivity index (χ3v) is 4.78. The van der Waals surface area contributed by atoms with Gasteiger partial charge in [0.2, 0.25) is 5.91 Å². The number of hydrogen-bond donors (Lipinski definition) is 2. The SMILES string of the molecule is Cc1nn(-c2ccc(Br)cc2)c(C)c1C(=O)NCc1cccc(C(N)=O)c1. The summed E-state index contributed by atoms with van der Waals surface area (Å²) in [5, 5.41) is 7.39. The normalized spacial score (nSPS) is 10.6. The standard InChI is InChI=1S/C20H19BrN4O2/c1-12-18(13(2)25(24-12)17-8-6-16(21)7-9-17)20(27)23-11-14-4-3-5-15(10-14)19(22)26/h3-10H,11H2,1-2H3,(H2,22,26)(H,23,27). The second-order valence-corrected chi connectivity index (χ2v) is 7.10. The van der Waals surface area contributed by atoms with Gasteiger partial charge >= 0.3 is 0 Å². The maximum Gasteiger partial charge on any atom is 0.255 e. The Labute approximate surface area is 165 Å². The highest BCUT2D eigenvalue weighted by atomic mass is 79.9. The molecule has 2 aromatic carbocycles. The Bertz CT molecular complexity index is 1010. The van der Waals surface area contributed by atoms with Gasteiger partial charge in [-0.15, -0.1) is 0 Å². The zero-order valence-electron chi connectivity index (χ0n) is 15.0. The molecule has 0 unspecified atom stereocenters. The molecule has 6 nitrogen and oxygen atoms in total. The molecule has 3 aromatic rings. The Balaban J connectivity index is 1.80. The summed E-state index contributed by atoms with van der Waals surface area (Å²) >= 11 is 3.41. The van der Waals surface area contributed by atoms with Crippen LogP contribution >= 0.6 is 15.9 Å². The van der Waals surface area contributed by atoms with E-state index in [1.165, 1.54) is 0 Å². The van der Waals surface area contributed by atoms with Crippen molar-refractivity contribution in [2.75, 3.05) is 0 Å². The molecule has 0 spiro atoms. The fraction of sp³-hybridized carbons (Fsp3) is 0.150. The molecule has 0 fully saturated rings. The number of nitrogens with zero attached hydrogens (tertiary/aromatic N) is 2. The Hall–Kier alpha value is -2.93. The molecule has 0 aliphatic carbocycles. The van der Waals surface area contributed by atoms with Gasteiger partial charge in [0.1, 0.15) is 0 Å². The van der Waals surface area contributed by atoms with E-state index in [0.717, 1.165) is 21.4 Å². The molecule has 0 aliphatic heterocycles. The first kappa shape index (κ1) is 18.8. The van der Waals surface area contributed by atoms with Crippen LogP contribution in [0.5, 0.6) is 0 Å². The molecule has 0 saturated heterocycles. The number of aromatic nitrogens is 2. The van der Waals surface area contributed by atoms with Crippen LogP contribution in [0, 0.1) is 13.8 Å². The summed E-state index contributed by atoms with van der Waals surface area (Å²) in [5.41, 5.74) is 9.35. The van der Waals surface area contributed by atoms with Gasteiger partial charge in [-0.05, 0) is 55.8 Å². The maximum absolute atomic E-state index is 12.7. The molecule has 138 valence electrons. The van der Waals surface area contributed by atoms with Gasteiger partial charge in [-0.1, -0.05) is 28.1 Å². The second-order valence-electron chi connectivity index (χ2n) is 6.18. The first-order chi connectivity index (χ1) is 12.9. The quantitative estimate of drug-likeness (QED) is 0.655. The van der Waals surface area contributed by atoms with Gasteiger partial charge in [0.15, 0.2) is 0 Å². The summed E-state index contributed by atoms with van der Waals surface area (Å²) in [5.74, 6) is -0.705. The summed E-state index contributed by atoms with van der Waals surface area (Å²) in [6.07, 6.45) is 0. The molecule has 1 aromatic heterocycles. The summed E-state index contributed by atoms with van der Waals surface area (Å²) < 4.78 is 2.73. The van der Waals surface area contributed by atoms with E-state index < -0.39 is 5.91 Å². The van der Waals surface area contributed by atoms with Gasteiger partial charge in [0, 0.05) is 16.6 Å². The van der Waals surface area contributed by atoms with E-state index in [0.29, 0.717) is 23.4 Å². The minimum absolute atomic E-state index is 0.210. The van der Waals surface area contributed by atoms with E-state index in [1.54, 1.807) is 22.9 Å². The van der Waals surface area contributed by atoms with Gasteiger partial charge in [-0.25, -0.2) is 4.68 Å². The number of primary amides is 1. The lowest BCUT2D eigenvalue weighted by Crippen LogP contribution is -2.24. The lowest BCUT2D eigenvalue weighted by atomic mass is 10.1. The number of halogens is 1. The number of hydrogen-bond acceptors (Lipinski definition) is 3. The van der Waals surface area contributed by atoms with Gasteiger partial charge in [0.25, 0.3) is 5.91 Å². The third-order valence-electron chi connectivity index (χ3n) is 4.25. The number of carbonyl (C=O) groups excluding carboxylic acids is 2. The van der Waals surface area contributed by atoms with Crippen LogP contribution in [0.25, 0.3) is 5.69 Å². The molecule has 0 aliphatic rings. The Morgan fingerprint density at radius 2 is 1.85 bits per heavy atom. The van der Waals surface area contributed by atoms with E-state index in [2.05, 4.69) is 26.3 Å². The zero-order chi connectivity index (χ0) is 19.6. The number of nitrogens with one attached hydrogen (secondary N) is 1. The Kier molecular flexibility index (Phi) is 5.41. The summed E-state index contributed by atoms with van der Waals surface area (Å²) in [4.78, 5) is 24.0. The molecule has 27 heavy (non-hydrogen) atoms. The van der Waals surface area contributed by atoms with Crippen LogP contribution < -0.4 is 11.1 Å². The lowest BCUT2D eigenvalue weighted by molar-refractivity contribution is 0.0949. The monoisotopic (exact) mass is 426 g/mol. The highest BCUT2D eigenvalue weighted by Crippen LogP contribution is 2.20. The average Bonchev–Trinajstić information content (AvgIpc) is 2.95. The molecule has 0 saturated carbocycles. The number of rotatable bonds is 5. The highest BCUT2D eigenvalue weighted by molar-refractivity contribution is 9.10. The number of aryl methyl sites for hydroxylation is 1. The molecule has 0 atom stereocenters. The Morgan fingerprint density at radius 1 is 1.15 bits per heavy atom. The van der Waals surface area contributed by atoms with Crippen LogP contribution in [0.2, 0.25) is 0 Å². The summed E-state index contributed by atoms with van der Waals surface area (Å²) in [6.45, 7) is 3.97. The minimum Gasteiger partial charge on any atom is -0.366 e. The molecule has 1 heterocycles. The van der Waals surface area contributed by atoms with Gasteiger partial charge in [0.05, 0.1) is 22.6 Å². The van der Waals surface area contributed by atoms with Crippen LogP contribution in [-0.4, -0.2) is 21.6 Å². The van der Waals surface area contributed by atoms with Crippen molar-refractivity contribution in [3.05, 3.63) is 81.1 Å². The molecule has 2 amide bonds.